The summed E-state index contributed by atoms with van der Waals surface area (Å²) in [5, 5.41) is 3.33. The van der Waals surface area contributed by atoms with Gasteiger partial charge in [0.1, 0.15) is 0 Å². The SMILES string of the molecule is CO[C@@H]1CCC[C@@H](O[C@H]2CCNC2)C1. The second-order valence-corrected chi connectivity index (χ2v) is 4.40. The minimum absolute atomic E-state index is 0.433. The highest BCUT2D eigenvalue weighted by Crippen LogP contribution is 2.24. The van der Waals surface area contributed by atoms with Crippen LogP contribution in [0.25, 0.3) is 0 Å². The van der Waals surface area contributed by atoms with Crippen molar-refractivity contribution < 1.29 is 9.47 Å². The fraction of sp³-hybridized carbons (Fsp3) is 1.00. The molecule has 3 nitrogen and oxygen atoms in total. The molecule has 1 saturated carbocycles. The van der Waals surface area contributed by atoms with Crippen LogP contribution in [0.2, 0.25) is 0 Å². The molecule has 2 fully saturated rings. The normalized spacial score (nSPS) is 38.8. The summed E-state index contributed by atoms with van der Waals surface area (Å²) in [5.41, 5.74) is 0. The quantitative estimate of drug-likeness (QED) is 0.743. The Balaban J connectivity index is 1.73. The predicted octanol–water partition coefficient (Wildman–Crippen LogP) is 1.32. The van der Waals surface area contributed by atoms with Crippen LogP contribution in [0.1, 0.15) is 32.1 Å². The van der Waals surface area contributed by atoms with Gasteiger partial charge in [0.25, 0.3) is 0 Å². The summed E-state index contributed by atoms with van der Waals surface area (Å²) in [5.74, 6) is 0. The van der Waals surface area contributed by atoms with Gasteiger partial charge in [0.15, 0.2) is 0 Å². The Morgan fingerprint density at radius 2 is 1.93 bits per heavy atom. The number of nitrogens with one attached hydrogen (secondary N) is 1. The monoisotopic (exact) mass is 199 g/mol. The van der Waals surface area contributed by atoms with E-state index < -0.39 is 0 Å². The molecular weight excluding hydrogens is 178 g/mol. The van der Waals surface area contributed by atoms with Crippen LogP contribution in [0, 0.1) is 0 Å². The van der Waals surface area contributed by atoms with Crippen molar-refractivity contribution in [2.75, 3.05) is 20.2 Å². The summed E-state index contributed by atoms with van der Waals surface area (Å²) in [4.78, 5) is 0. The highest BCUT2D eigenvalue weighted by Gasteiger charge is 2.26. The Morgan fingerprint density at radius 1 is 1.07 bits per heavy atom. The van der Waals surface area contributed by atoms with Crippen molar-refractivity contribution in [3.63, 3.8) is 0 Å². The Morgan fingerprint density at radius 3 is 2.64 bits per heavy atom. The van der Waals surface area contributed by atoms with Gasteiger partial charge in [-0.25, -0.2) is 0 Å². The lowest BCUT2D eigenvalue weighted by Crippen LogP contribution is -2.31. The van der Waals surface area contributed by atoms with Gasteiger partial charge in [-0.05, 0) is 38.6 Å². The molecule has 1 aliphatic heterocycles. The molecule has 0 spiro atoms. The summed E-state index contributed by atoms with van der Waals surface area (Å²) in [6.07, 6.45) is 7.28. The largest absolute Gasteiger partial charge is 0.381 e. The number of hydrogen-bond donors (Lipinski definition) is 1. The van der Waals surface area contributed by atoms with Crippen LogP contribution in [0.3, 0.4) is 0 Å². The van der Waals surface area contributed by atoms with Gasteiger partial charge < -0.3 is 14.8 Å². The second kappa shape index (κ2) is 5.10. The van der Waals surface area contributed by atoms with Crippen molar-refractivity contribution >= 4 is 0 Å². The van der Waals surface area contributed by atoms with E-state index in [1.165, 1.54) is 25.7 Å². The van der Waals surface area contributed by atoms with E-state index in [1.54, 1.807) is 0 Å². The van der Waals surface area contributed by atoms with Crippen molar-refractivity contribution in [1.29, 1.82) is 0 Å². The van der Waals surface area contributed by atoms with Crippen molar-refractivity contribution in [2.45, 2.75) is 50.4 Å². The molecule has 2 aliphatic rings. The van der Waals surface area contributed by atoms with Crippen LogP contribution in [-0.2, 0) is 9.47 Å². The lowest BCUT2D eigenvalue weighted by atomic mass is 9.95. The van der Waals surface area contributed by atoms with Gasteiger partial charge in [0.05, 0.1) is 18.3 Å². The van der Waals surface area contributed by atoms with E-state index in [1.807, 2.05) is 7.11 Å². The summed E-state index contributed by atoms with van der Waals surface area (Å²) < 4.78 is 11.4. The lowest BCUT2D eigenvalue weighted by Gasteiger charge is -2.30. The summed E-state index contributed by atoms with van der Waals surface area (Å²) >= 11 is 0. The number of hydrogen-bond acceptors (Lipinski definition) is 3. The highest BCUT2D eigenvalue weighted by atomic mass is 16.5. The zero-order valence-corrected chi connectivity index (χ0v) is 9.00. The second-order valence-electron chi connectivity index (χ2n) is 4.40. The zero-order chi connectivity index (χ0) is 9.80. The highest BCUT2D eigenvalue weighted by molar-refractivity contribution is 4.78. The van der Waals surface area contributed by atoms with E-state index in [-0.39, 0.29) is 0 Å². The van der Waals surface area contributed by atoms with Crippen LogP contribution < -0.4 is 5.32 Å². The molecule has 3 atom stereocenters. The fourth-order valence-electron chi connectivity index (χ4n) is 2.46. The molecule has 1 aliphatic carbocycles. The number of rotatable bonds is 3. The predicted molar refractivity (Wildman–Crippen MR) is 55.4 cm³/mol. The van der Waals surface area contributed by atoms with E-state index in [0.29, 0.717) is 18.3 Å². The molecule has 82 valence electrons. The fourth-order valence-corrected chi connectivity index (χ4v) is 2.46. The van der Waals surface area contributed by atoms with Gasteiger partial charge >= 0.3 is 0 Å². The van der Waals surface area contributed by atoms with Crippen molar-refractivity contribution in [3.05, 3.63) is 0 Å². The smallest absolute Gasteiger partial charge is 0.0715 e. The molecule has 3 heteroatoms. The average molecular weight is 199 g/mol. The van der Waals surface area contributed by atoms with E-state index in [2.05, 4.69) is 5.32 Å². The van der Waals surface area contributed by atoms with Gasteiger partial charge in [-0.2, -0.15) is 0 Å². The summed E-state index contributed by atoms with van der Waals surface area (Å²) in [6, 6.07) is 0. The average Bonchev–Trinajstić information content (AvgIpc) is 2.71. The minimum Gasteiger partial charge on any atom is -0.381 e. The zero-order valence-electron chi connectivity index (χ0n) is 9.00. The standard InChI is InChI=1S/C11H21NO2/c1-13-9-3-2-4-10(7-9)14-11-5-6-12-8-11/h9-12H,2-8H2,1H3/t9-,10-,11+/m1/s1. The maximum Gasteiger partial charge on any atom is 0.0715 e. The van der Waals surface area contributed by atoms with Crippen molar-refractivity contribution in [1.82, 2.24) is 5.32 Å². The maximum atomic E-state index is 6.04. The van der Waals surface area contributed by atoms with Gasteiger partial charge in [-0.1, -0.05) is 0 Å². The number of ether oxygens (including phenoxy) is 2. The molecule has 2 rings (SSSR count). The number of methoxy groups -OCH3 is 1. The van der Waals surface area contributed by atoms with Gasteiger partial charge in [-0.3, -0.25) is 0 Å². The van der Waals surface area contributed by atoms with Gasteiger partial charge in [0, 0.05) is 13.7 Å². The molecule has 0 unspecified atom stereocenters. The molecule has 0 amide bonds. The molecule has 1 N–H and O–H groups in total. The molecule has 1 saturated heterocycles. The van der Waals surface area contributed by atoms with Gasteiger partial charge in [-0.15, -0.1) is 0 Å². The Kier molecular flexibility index (Phi) is 3.79. The molecule has 0 aromatic heterocycles. The molecule has 0 bridgehead atoms. The van der Waals surface area contributed by atoms with E-state index in [9.17, 15) is 0 Å². The topological polar surface area (TPSA) is 30.5 Å². The summed E-state index contributed by atoms with van der Waals surface area (Å²) in [6.45, 7) is 2.15. The Labute approximate surface area is 86.2 Å². The molecule has 14 heavy (non-hydrogen) atoms. The third-order valence-corrected chi connectivity index (χ3v) is 3.31. The third kappa shape index (κ3) is 2.69. The molecular formula is C11H21NO2. The Hall–Kier alpha value is -0.120. The van der Waals surface area contributed by atoms with E-state index in [0.717, 1.165) is 19.5 Å². The van der Waals surface area contributed by atoms with Gasteiger partial charge in [0.2, 0.25) is 0 Å². The molecule has 0 aromatic rings. The van der Waals surface area contributed by atoms with E-state index >= 15 is 0 Å². The van der Waals surface area contributed by atoms with E-state index in [4.69, 9.17) is 9.47 Å². The first-order valence-corrected chi connectivity index (χ1v) is 5.77. The van der Waals surface area contributed by atoms with Crippen LogP contribution in [-0.4, -0.2) is 38.5 Å². The first-order valence-electron chi connectivity index (χ1n) is 5.77. The lowest BCUT2D eigenvalue weighted by molar-refractivity contribution is -0.0581. The first kappa shape index (κ1) is 10.4. The first-order chi connectivity index (χ1) is 6.88. The Bertz CT molecular complexity index is 169. The van der Waals surface area contributed by atoms with Crippen molar-refractivity contribution in [3.8, 4) is 0 Å². The van der Waals surface area contributed by atoms with Crippen LogP contribution in [0.4, 0.5) is 0 Å². The summed E-state index contributed by atoms with van der Waals surface area (Å²) in [7, 11) is 1.81. The molecule has 1 heterocycles. The minimum atomic E-state index is 0.433. The molecule has 0 radical (unpaired) electrons. The van der Waals surface area contributed by atoms with Crippen LogP contribution in [0.15, 0.2) is 0 Å². The van der Waals surface area contributed by atoms with Crippen LogP contribution in [0.5, 0.6) is 0 Å². The van der Waals surface area contributed by atoms with Crippen molar-refractivity contribution in [2.24, 2.45) is 0 Å². The molecule has 0 aromatic carbocycles. The maximum absolute atomic E-state index is 6.04. The third-order valence-electron chi connectivity index (χ3n) is 3.31. The van der Waals surface area contributed by atoms with Crippen LogP contribution >= 0.6 is 0 Å².